The number of carbonyl (C=O) groups is 3. The Morgan fingerprint density at radius 2 is 1.70 bits per heavy atom. The van der Waals surface area contributed by atoms with Crippen molar-refractivity contribution in [3.05, 3.63) is 35.4 Å². The number of Topliss-reactive ketones (excluding diaryl/α,β-unsaturated/α-hetero) is 2. The lowest BCUT2D eigenvalue weighted by molar-refractivity contribution is -0.127. The van der Waals surface area contributed by atoms with Crippen LogP contribution in [0.2, 0.25) is 0 Å². The molecule has 0 aliphatic carbocycles. The molecule has 23 heavy (non-hydrogen) atoms. The maximum atomic E-state index is 12.0. The van der Waals surface area contributed by atoms with Crippen LogP contribution in [0, 0.1) is 12.8 Å². The Balaban J connectivity index is 2.28. The van der Waals surface area contributed by atoms with Gasteiger partial charge >= 0.3 is 0 Å². The van der Waals surface area contributed by atoms with Crippen molar-refractivity contribution in [2.24, 2.45) is 11.7 Å². The second-order valence-electron chi connectivity index (χ2n) is 6.08. The SMILES string of the molecule is CCC(=O)CC(CCCCCC(=O)c1ccc(C)cc1)C(N)=O. The molecule has 0 radical (unpaired) electrons. The Kier molecular flexibility index (Phi) is 8.23. The molecule has 1 atom stereocenters. The molecule has 0 spiro atoms. The highest BCUT2D eigenvalue weighted by atomic mass is 16.1. The van der Waals surface area contributed by atoms with Crippen molar-refractivity contribution in [3.8, 4) is 0 Å². The van der Waals surface area contributed by atoms with Gasteiger partial charge in [0.2, 0.25) is 5.91 Å². The maximum absolute atomic E-state index is 12.0. The minimum atomic E-state index is -0.400. The Morgan fingerprint density at radius 1 is 1.04 bits per heavy atom. The minimum absolute atomic E-state index is 0.0725. The van der Waals surface area contributed by atoms with Crippen molar-refractivity contribution in [3.63, 3.8) is 0 Å². The summed E-state index contributed by atoms with van der Waals surface area (Å²) in [5.41, 5.74) is 7.23. The predicted molar refractivity (Wildman–Crippen MR) is 91.2 cm³/mol. The van der Waals surface area contributed by atoms with Gasteiger partial charge in [-0.1, -0.05) is 49.6 Å². The normalized spacial score (nSPS) is 11.9. The number of hydrogen-bond acceptors (Lipinski definition) is 3. The van der Waals surface area contributed by atoms with Gasteiger partial charge < -0.3 is 5.73 Å². The van der Waals surface area contributed by atoms with Crippen molar-refractivity contribution in [1.29, 1.82) is 0 Å². The third-order valence-electron chi connectivity index (χ3n) is 4.10. The molecule has 0 heterocycles. The molecule has 0 aromatic heterocycles. The summed E-state index contributed by atoms with van der Waals surface area (Å²) in [5, 5.41) is 0. The third kappa shape index (κ3) is 7.22. The molecule has 1 amide bonds. The number of ketones is 2. The largest absolute Gasteiger partial charge is 0.369 e. The van der Waals surface area contributed by atoms with Gasteiger partial charge in [0.1, 0.15) is 5.78 Å². The Bertz CT molecular complexity index is 534. The summed E-state index contributed by atoms with van der Waals surface area (Å²) < 4.78 is 0. The maximum Gasteiger partial charge on any atom is 0.220 e. The second-order valence-corrected chi connectivity index (χ2v) is 6.08. The van der Waals surface area contributed by atoms with Crippen LogP contribution in [0.5, 0.6) is 0 Å². The molecule has 1 unspecified atom stereocenters. The van der Waals surface area contributed by atoms with Crippen molar-refractivity contribution < 1.29 is 14.4 Å². The molecule has 0 saturated carbocycles. The van der Waals surface area contributed by atoms with E-state index < -0.39 is 5.91 Å². The number of nitrogens with two attached hydrogens (primary N) is 1. The number of amides is 1. The zero-order valence-corrected chi connectivity index (χ0v) is 14.1. The van der Waals surface area contributed by atoms with E-state index in [9.17, 15) is 14.4 Å². The van der Waals surface area contributed by atoms with Crippen LogP contribution in [-0.4, -0.2) is 17.5 Å². The van der Waals surface area contributed by atoms with Crippen molar-refractivity contribution in [2.45, 2.75) is 58.8 Å². The van der Waals surface area contributed by atoms with E-state index in [0.717, 1.165) is 30.4 Å². The first kappa shape index (κ1) is 19.1. The highest BCUT2D eigenvalue weighted by Gasteiger charge is 2.18. The Hall–Kier alpha value is -1.97. The van der Waals surface area contributed by atoms with Gasteiger partial charge in [-0.05, 0) is 19.8 Å². The van der Waals surface area contributed by atoms with Crippen LogP contribution in [0.3, 0.4) is 0 Å². The standard InChI is InChI=1S/C19H27NO3/c1-3-17(21)13-16(19(20)23)7-5-4-6-8-18(22)15-11-9-14(2)10-12-15/h9-12,16H,3-8,13H2,1-2H3,(H2,20,23). The molecular formula is C19H27NO3. The molecule has 4 heteroatoms. The lowest BCUT2D eigenvalue weighted by atomic mass is 9.93. The average molecular weight is 317 g/mol. The van der Waals surface area contributed by atoms with E-state index in [1.807, 2.05) is 31.2 Å². The number of carbonyl (C=O) groups excluding carboxylic acids is 3. The smallest absolute Gasteiger partial charge is 0.220 e. The number of unbranched alkanes of at least 4 members (excludes halogenated alkanes) is 2. The number of benzene rings is 1. The number of rotatable bonds is 11. The first-order valence-corrected chi connectivity index (χ1v) is 8.35. The van der Waals surface area contributed by atoms with Crippen molar-refractivity contribution in [2.75, 3.05) is 0 Å². The molecule has 1 rings (SSSR count). The quantitative estimate of drug-likeness (QED) is 0.500. The predicted octanol–water partition coefficient (Wildman–Crippen LogP) is 3.60. The Labute approximate surface area is 138 Å². The van der Waals surface area contributed by atoms with Gasteiger partial charge in [0.05, 0.1) is 0 Å². The second kappa shape index (κ2) is 9.93. The van der Waals surface area contributed by atoms with Crippen LogP contribution in [0.15, 0.2) is 24.3 Å². The summed E-state index contributed by atoms with van der Waals surface area (Å²) in [6.07, 6.45) is 4.29. The fraction of sp³-hybridized carbons (Fsp3) is 0.526. The van der Waals surface area contributed by atoms with E-state index in [-0.39, 0.29) is 23.9 Å². The van der Waals surface area contributed by atoms with Crippen LogP contribution >= 0.6 is 0 Å². The monoisotopic (exact) mass is 317 g/mol. The lowest BCUT2D eigenvalue weighted by Gasteiger charge is -2.11. The molecule has 0 fully saturated rings. The van der Waals surface area contributed by atoms with E-state index in [1.165, 1.54) is 0 Å². The molecule has 126 valence electrons. The fourth-order valence-corrected chi connectivity index (χ4v) is 2.50. The van der Waals surface area contributed by atoms with E-state index >= 15 is 0 Å². The third-order valence-corrected chi connectivity index (χ3v) is 4.10. The van der Waals surface area contributed by atoms with Gasteiger partial charge in [0.15, 0.2) is 5.78 Å². The molecule has 2 N–H and O–H groups in total. The van der Waals surface area contributed by atoms with Crippen LogP contribution < -0.4 is 5.73 Å². The molecule has 0 aliphatic heterocycles. The van der Waals surface area contributed by atoms with Gasteiger partial charge in [-0.2, -0.15) is 0 Å². The average Bonchev–Trinajstić information content (AvgIpc) is 2.53. The summed E-state index contributed by atoms with van der Waals surface area (Å²) in [6, 6.07) is 7.60. The fourth-order valence-electron chi connectivity index (χ4n) is 2.50. The zero-order valence-electron chi connectivity index (χ0n) is 14.1. The summed E-state index contributed by atoms with van der Waals surface area (Å²) in [7, 11) is 0. The summed E-state index contributed by atoms with van der Waals surface area (Å²) in [6.45, 7) is 3.78. The highest BCUT2D eigenvalue weighted by molar-refractivity contribution is 5.96. The topological polar surface area (TPSA) is 77.2 Å². The Morgan fingerprint density at radius 3 is 2.26 bits per heavy atom. The van der Waals surface area contributed by atoms with Gasteiger partial charge in [0, 0.05) is 30.7 Å². The molecule has 0 saturated heterocycles. The number of aryl methyl sites for hydroxylation is 1. The number of hydrogen-bond donors (Lipinski definition) is 1. The molecular weight excluding hydrogens is 290 g/mol. The molecule has 1 aromatic carbocycles. The summed E-state index contributed by atoms with van der Waals surface area (Å²) in [5.74, 6) is -0.543. The zero-order chi connectivity index (χ0) is 17.2. The van der Waals surface area contributed by atoms with E-state index in [2.05, 4.69) is 0 Å². The lowest BCUT2D eigenvalue weighted by Crippen LogP contribution is -2.25. The van der Waals surface area contributed by atoms with Crippen LogP contribution in [0.25, 0.3) is 0 Å². The van der Waals surface area contributed by atoms with Gasteiger partial charge in [0.25, 0.3) is 0 Å². The van der Waals surface area contributed by atoms with E-state index in [0.29, 0.717) is 19.3 Å². The van der Waals surface area contributed by atoms with Gasteiger partial charge in [-0.25, -0.2) is 0 Å². The first-order valence-electron chi connectivity index (χ1n) is 8.35. The van der Waals surface area contributed by atoms with Crippen LogP contribution in [-0.2, 0) is 9.59 Å². The highest BCUT2D eigenvalue weighted by Crippen LogP contribution is 2.16. The summed E-state index contributed by atoms with van der Waals surface area (Å²) >= 11 is 0. The first-order chi connectivity index (χ1) is 10.9. The van der Waals surface area contributed by atoms with Crippen LogP contribution in [0.4, 0.5) is 0 Å². The molecule has 4 nitrogen and oxygen atoms in total. The summed E-state index contributed by atoms with van der Waals surface area (Å²) in [4.78, 5) is 34.8. The number of primary amides is 1. The van der Waals surface area contributed by atoms with Gasteiger partial charge in [-0.3, -0.25) is 14.4 Å². The van der Waals surface area contributed by atoms with Crippen molar-refractivity contribution in [1.82, 2.24) is 0 Å². The van der Waals surface area contributed by atoms with Gasteiger partial charge in [-0.15, -0.1) is 0 Å². The molecule has 0 bridgehead atoms. The van der Waals surface area contributed by atoms with Crippen molar-refractivity contribution >= 4 is 17.5 Å². The minimum Gasteiger partial charge on any atom is -0.369 e. The molecule has 1 aromatic rings. The van der Waals surface area contributed by atoms with E-state index in [1.54, 1.807) is 6.92 Å². The van der Waals surface area contributed by atoms with E-state index in [4.69, 9.17) is 5.73 Å². The van der Waals surface area contributed by atoms with Crippen LogP contribution in [0.1, 0.15) is 67.8 Å². The molecule has 0 aliphatic rings.